The topological polar surface area (TPSA) is 57.5 Å². The first kappa shape index (κ1) is 34.9. The molecule has 266 valence electrons. The molecule has 2 atom stereocenters. The van der Waals surface area contributed by atoms with Gasteiger partial charge in [0.15, 0.2) is 0 Å². The molecule has 0 N–H and O–H groups in total. The zero-order valence-corrected chi connectivity index (χ0v) is 30.6. The third-order valence-corrected chi connectivity index (χ3v) is 11.3. The van der Waals surface area contributed by atoms with Gasteiger partial charge in [-0.05, 0) is 99.1 Å². The van der Waals surface area contributed by atoms with Gasteiger partial charge in [-0.25, -0.2) is 4.98 Å². The van der Waals surface area contributed by atoms with Crippen LogP contribution in [0, 0.1) is 11.8 Å². The van der Waals surface area contributed by atoms with E-state index in [2.05, 4.69) is 100 Å². The van der Waals surface area contributed by atoms with E-state index in [0.29, 0.717) is 31.1 Å². The van der Waals surface area contributed by atoms with Gasteiger partial charge in [-0.1, -0.05) is 54.1 Å². The van der Waals surface area contributed by atoms with Gasteiger partial charge in [0, 0.05) is 62.4 Å². The lowest BCUT2D eigenvalue weighted by molar-refractivity contribution is 0.0637. The van der Waals surface area contributed by atoms with Crippen molar-refractivity contribution in [2.75, 3.05) is 83.5 Å². The number of oxazole rings is 1. The Morgan fingerprint density at radius 3 is 2.10 bits per heavy atom. The summed E-state index contributed by atoms with van der Waals surface area (Å²) in [5.74, 6) is 3.75. The number of hydrogen-bond donors (Lipinski definition) is 0. The van der Waals surface area contributed by atoms with E-state index in [0.717, 1.165) is 86.8 Å². The monoisotopic (exact) mass is 697 g/mol. The molecule has 3 aromatic carbocycles. The van der Waals surface area contributed by atoms with Crippen LogP contribution in [0.15, 0.2) is 83.3 Å². The van der Waals surface area contributed by atoms with E-state index in [-0.39, 0.29) is 6.04 Å². The number of rotatable bonds is 11. The summed E-state index contributed by atoms with van der Waals surface area (Å²) in [6.45, 7) is 6.92. The molecule has 3 heterocycles. The highest BCUT2D eigenvalue weighted by Crippen LogP contribution is 2.46. The van der Waals surface area contributed by atoms with E-state index in [4.69, 9.17) is 30.5 Å². The van der Waals surface area contributed by atoms with Crippen LogP contribution in [-0.4, -0.2) is 88.5 Å². The highest BCUT2D eigenvalue weighted by Gasteiger charge is 2.40. The number of ether oxygens (including phenoxy) is 2. The summed E-state index contributed by atoms with van der Waals surface area (Å²) in [6, 6.07) is 28.1. The van der Waals surface area contributed by atoms with Gasteiger partial charge in [0.05, 0.1) is 26.4 Å². The number of aromatic nitrogens is 1. The molecule has 3 aliphatic rings. The molecular formula is C41H52ClN5O3. The Kier molecular flexibility index (Phi) is 11.3. The van der Waals surface area contributed by atoms with Crippen LogP contribution >= 0.6 is 11.6 Å². The Bertz CT molecular complexity index is 1630. The summed E-state index contributed by atoms with van der Waals surface area (Å²) in [4.78, 5) is 15.3. The highest BCUT2D eigenvalue weighted by molar-refractivity contribution is 6.30. The first-order valence-corrected chi connectivity index (χ1v) is 18.8. The average Bonchev–Trinajstić information content (AvgIpc) is 3.57. The normalized spacial score (nSPS) is 21.7. The number of piperazine rings is 1. The van der Waals surface area contributed by atoms with Crippen molar-refractivity contribution in [2.45, 2.75) is 44.2 Å². The van der Waals surface area contributed by atoms with Crippen molar-refractivity contribution in [3.63, 3.8) is 0 Å². The molecule has 1 aliphatic carbocycles. The fourth-order valence-corrected chi connectivity index (χ4v) is 8.67. The van der Waals surface area contributed by atoms with E-state index in [1.165, 1.54) is 29.7 Å². The molecule has 8 nitrogen and oxygen atoms in total. The number of halogens is 1. The lowest BCUT2D eigenvalue weighted by atomic mass is 9.73. The average molecular weight is 698 g/mol. The SMILES string of the molecule is COc1ccc(N2CCN(C(c3nc(Cc4ccccc4)c(N4CCOCC4)o3)C3CCC(C(c4ccc(Cl)cc4)N(C)C)CC3)CC2)cc1. The van der Waals surface area contributed by atoms with E-state index >= 15 is 0 Å². The first-order chi connectivity index (χ1) is 24.5. The van der Waals surface area contributed by atoms with Crippen molar-refractivity contribution >= 4 is 23.2 Å². The largest absolute Gasteiger partial charge is 0.497 e. The summed E-state index contributed by atoms with van der Waals surface area (Å²) < 4.78 is 18.1. The lowest BCUT2D eigenvalue weighted by Gasteiger charge is -2.44. The minimum absolute atomic E-state index is 0.131. The number of hydrogen-bond acceptors (Lipinski definition) is 8. The molecule has 1 saturated carbocycles. The minimum atomic E-state index is 0.131. The Morgan fingerprint density at radius 2 is 1.46 bits per heavy atom. The second kappa shape index (κ2) is 16.2. The highest BCUT2D eigenvalue weighted by atomic mass is 35.5. The zero-order valence-electron chi connectivity index (χ0n) is 29.8. The predicted octanol–water partition coefficient (Wildman–Crippen LogP) is 7.74. The molecule has 0 amide bonds. The van der Waals surface area contributed by atoms with Crippen molar-refractivity contribution in [3.8, 4) is 5.75 Å². The van der Waals surface area contributed by atoms with Crippen LogP contribution in [0.1, 0.15) is 60.5 Å². The van der Waals surface area contributed by atoms with Crippen LogP contribution in [0.4, 0.5) is 11.6 Å². The first-order valence-electron chi connectivity index (χ1n) is 18.4. The molecule has 0 bridgehead atoms. The van der Waals surface area contributed by atoms with Crippen LogP contribution < -0.4 is 14.5 Å². The summed E-state index contributed by atoms with van der Waals surface area (Å²) >= 11 is 6.28. The lowest BCUT2D eigenvalue weighted by Crippen LogP contribution is -2.49. The summed E-state index contributed by atoms with van der Waals surface area (Å²) in [7, 11) is 6.15. The molecule has 3 fully saturated rings. The maximum atomic E-state index is 6.99. The Morgan fingerprint density at radius 1 is 0.800 bits per heavy atom. The van der Waals surface area contributed by atoms with Gasteiger partial charge in [0.25, 0.3) is 0 Å². The minimum Gasteiger partial charge on any atom is -0.497 e. The summed E-state index contributed by atoms with van der Waals surface area (Å²) in [5.41, 5.74) is 4.89. The van der Waals surface area contributed by atoms with E-state index < -0.39 is 0 Å². The summed E-state index contributed by atoms with van der Waals surface area (Å²) in [6.07, 6.45) is 5.40. The Hall–Kier alpha value is -3.56. The Balaban J connectivity index is 1.16. The zero-order chi connectivity index (χ0) is 34.5. The number of anilines is 2. The third kappa shape index (κ3) is 7.99. The molecule has 4 aromatic rings. The van der Waals surface area contributed by atoms with Crippen LogP contribution in [0.5, 0.6) is 5.75 Å². The van der Waals surface area contributed by atoms with Crippen molar-refractivity contribution in [3.05, 3.63) is 107 Å². The van der Waals surface area contributed by atoms with E-state index in [9.17, 15) is 0 Å². The fraction of sp³-hybridized carbons (Fsp3) is 0.488. The predicted molar refractivity (Wildman–Crippen MR) is 202 cm³/mol. The molecule has 50 heavy (non-hydrogen) atoms. The molecule has 2 saturated heterocycles. The molecule has 7 rings (SSSR count). The molecule has 1 aromatic heterocycles. The number of nitrogens with zero attached hydrogens (tertiary/aromatic N) is 5. The van der Waals surface area contributed by atoms with Crippen molar-refractivity contribution in [1.29, 1.82) is 0 Å². The van der Waals surface area contributed by atoms with Gasteiger partial charge in [0.2, 0.25) is 11.8 Å². The standard InChI is InChI=1S/C41H52ClN5O3/c1-44(2)38(32-13-15-34(42)16-14-32)31-9-11-33(12-10-31)39(46-23-21-45(22-24-46)35-17-19-36(48-3)20-18-35)40-43-37(29-30-7-5-4-6-8-30)41(50-40)47-25-27-49-28-26-47/h4-8,13-20,31,33,38-39H,9-12,21-29H2,1-3H3. The van der Waals surface area contributed by atoms with Crippen LogP contribution in [0.3, 0.4) is 0 Å². The van der Waals surface area contributed by atoms with Crippen molar-refractivity contribution in [1.82, 2.24) is 14.8 Å². The smallest absolute Gasteiger partial charge is 0.220 e. The molecule has 9 heteroatoms. The van der Waals surface area contributed by atoms with Crippen LogP contribution in [0.2, 0.25) is 5.02 Å². The fourth-order valence-electron chi connectivity index (χ4n) is 8.54. The maximum Gasteiger partial charge on any atom is 0.220 e. The second-order valence-corrected chi connectivity index (χ2v) is 14.8. The van der Waals surface area contributed by atoms with Gasteiger partial charge >= 0.3 is 0 Å². The van der Waals surface area contributed by atoms with Gasteiger partial charge in [-0.3, -0.25) is 4.90 Å². The number of morpholine rings is 1. The maximum absolute atomic E-state index is 6.99. The van der Waals surface area contributed by atoms with Gasteiger partial charge in [-0.2, -0.15) is 0 Å². The second-order valence-electron chi connectivity index (χ2n) is 14.4. The molecule has 0 spiro atoms. The summed E-state index contributed by atoms with van der Waals surface area (Å²) in [5, 5.41) is 0.791. The number of methoxy groups -OCH3 is 1. The van der Waals surface area contributed by atoms with Gasteiger partial charge < -0.3 is 28.6 Å². The van der Waals surface area contributed by atoms with E-state index in [1.54, 1.807) is 7.11 Å². The van der Waals surface area contributed by atoms with Gasteiger partial charge in [0.1, 0.15) is 11.4 Å². The number of benzene rings is 3. The molecule has 2 aliphatic heterocycles. The molecule has 0 radical (unpaired) electrons. The quantitative estimate of drug-likeness (QED) is 0.158. The van der Waals surface area contributed by atoms with Crippen LogP contribution in [-0.2, 0) is 11.2 Å². The molecule has 2 unspecified atom stereocenters. The third-order valence-electron chi connectivity index (χ3n) is 11.1. The van der Waals surface area contributed by atoms with Crippen molar-refractivity contribution < 1.29 is 13.9 Å². The van der Waals surface area contributed by atoms with E-state index in [1.807, 2.05) is 12.1 Å². The molecular weight excluding hydrogens is 646 g/mol. The van der Waals surface area contributed by atoms with Crippen LogP contribution in [0.25, 0.3) is 0 Å². The van der Waals surface area contributed by atoms with Gasteiger partial charge in [-0.15, -0.1) is 0 Å². The Labute approximate surface area is 302 Å². The van der Waals surface area contributed by atoms with Crippen molar-refractivity contribution in [2.24, 2.45) is 11.8 Å².